The minimum absolute atomic E-state index is 0.255. The first-order valence-corrected chi connectivity index (χ1v) is 5.19. The van der Waals surface area contributed by atoms with Gasteiger partial charge in [-0.25, -0.2) is 4.39 Å². The van der Waals surface area contributed by atoms with Crippen molar-refractivity contribution < 1.29 is 19.4 Å². The van der Waals surface area contributed by atoms with Gasteiger partial charge in [0.05, 0.1) is 5.56 Å². The Morgan fingerprint density at radius 3 is 2.50 bits per heavy atom. The van der Waals surface area contributed by atoms with Crippen molar-refractivity contribution in [3.63, 3.8) is 0 Å². The van der Waals surface area contributed by atoms with E-state index in [1.54, 1.807) is 6.92 Å². The Morgan fingerprint density at radius 1 is 1.50 bits per heavy atom. The van der Waals surface area contributed by atoms with Crippen LogP contribution in [0.2, 0.25) is 0 Å². The number of allylic oxidation sites excluding steroid dienone is 1. The molecular formula is C11H10BrFO3. The lowest BCUT2D eigenvalue weighted by molar-refractivity contribution is -0.0198. The van der Waals surface area contributed by atoms with Crippen LogP contribution in [0.1, 0.15) is 22.8 Å². The van der Waals surface area contributed by atoms with Crippen LogP contribution in [0.25, 0.3) is 5.57 Å². The third-order valence-corrected chi connectivity index (χ3v) is 2.45. The fourth-order valence-corrected chi connectivity index (χ4v) is 1.72. The van der Waals surface area contributed by atoms with Crippen molar-refractivity contribution in [1.29, 1.82) is 0 Å². The molecule has 0 aliphatic rings. The van der Waals surface area contributed by atoms with Gasteiger partial charge in [0.25, 0.3) is 0 Å². The number of benzene rings is 1. The second-order valence-electron chi connectivity index (χ2n) is 3.33. The summed E-state index contributed by atoms with van der Waals surface area (Å²) < 4.78 is 14.0. The highest BCUT2D eigenvalue weighted by molar-refractivity contribution is 9.10. The smallest absolute Gasteiger partial charge is 0.221 e. The third kappa shape index (κ3) is 2.55. The first-order chi connectivity index (χ1) is 7.34. The second kappa shape index (κ2) is 4.86. The lowest BCUT2D eigenvalue weighted by Gasteiger charge is -2.11. The summed E-state index contributed by atoms with van der Waals surface area (Å²) in [4.78, 5) is 11.4. The predicted molar refractivity (Wildman–Crippen MR) is 61.4 cm³/mol. The predicted octanol–water partition coefficient (Wildman–Crippen LogP) is 2.11. The van der Waals surface area contributed by atoms with Crippen molar-refractivity contribution in [3.05, 3.63) is 40.1 Å². The van der Waals surface area contributed by atoms with E-state index in [2.05, 4.69) is 22.5 Å². The zero-order valence-electron chi connectivity index (χ0n) is 8.50. The number of aliphatic hydroxyl groups excluding tert-OH is 1. The third-order valence-electron chi connectivity index (χ3n) is 2.00. The Bertz CT molecular complexity index is 455. The van der Waals surface area contributed by atoms with Gasteiger partial charge in [-0.1, -0.05) is 28.1 Å². The Balaban J connectivity index is 3.47. The van der Waals surface area contributed by atoms with E-state index in [0.29, 0.717) is 10.0 Å². The number of hydrogen-bond acceptors (Lipinski definition) is 3. The zero-order valence-corrected chi connectivity index (χ0v) is 10.1. The summed E-state index contributed by atoms with van der Waals surface area (Å²) in [6.07, 6.45) is -2.23. The van der Waals surface area contributed by atoms with Gasteiger partial charge in [0, 0.05) is 4.47 Å². The van der Waals surface area contributed by atoms with E-state index in [1.165, 1.54) is 6.07 Å². The van der Waals surface area contributed by atoms with Crippen LogP contribution in [0.4, 0.5) is 4.39 Å². The van der Waals surface area contributed by atoms with Gasteiger partial charge in [0.15, 0.2) is 0 Å². The van der Waals surface area contributed by atoms with Crippen LogP contribution in [0.15, 0.2) is 23.2 Å². The van der Waals surface area contributed by atoms with Gasteiger partial charge in [-0.2, -0.15) is 0 Å². The molecule has 0 aliphatic heterocycles. The highest BCUT2D eigenvalue weighted by Gasteiger charge is 2.22. The van der Waals surface area contributed by atoms with Gasteiger partial charge in [0.1, 0.15) is 5.82 Å². The molecule has 1 aromatic carbocycles. The van der Waals surface area contributed by atoms with Crippen LogP contribution in [0.5, 0.6) is 0 Å². The first-order valence-electron chi connectivity index (χ1n) is 4.40. The van der Waals surface area contributed by atoms with E-state index < -0.39 is 17.9 Å². The standard InChI is InChI=1S/C11H10BrFO3/c1-5(2)7-3-6(12)4-8(13)9(7)10(14)11(15)16/h3-4,11,15-16H,1H2,2H3. The van der Waals surface area contributed by atoms with Gasteiger partial charge in [0.2, 0.25) is 12.1 Å². The summed E-state index contributed by atoms with van der Waals surface area (Å²) in [5.74, 6) is -1.89. The van der Waals surface area contributed by atoms with Gasteiger partial charge in [-0.15, -0.1) is 0 Å². The molecule has 0 unspecified atom stereocenters. The fourth-order valence-electron chi connectivity index (χ4n) is 1.29. The zero-order chi connectivity index (χ0) is 12.5. The van der Waals surface area contributed by atoms with Crippen molar-refractivity contribution in [2.75, 3.05) is 0 Å². The molecule has 2 N–H and O–H groups in total. The fraction of sp³-hybridized carbons (Fsp3) is 0.182. The summed E-state index contributed by atoms with van der Waals surface area (Å²) in [7, 11) is 0. The molecule has 3 nitrogen and oxygen atoms in total. The molecule has 0 radical (unpaired) electrons. The number of carbonyl (C=O) groups is 1. The Hall–Kier alpha value is -1.04. The summed E-state index contributed by atoms with van der Waals surface area (Å²) >= 11 is 3.08. The monoisotopic (exact) mass is 288 g/mol. The molecule has 0 heterocycles. The molecule has 5 heteroatoms. The van der Waals surface area contributed by atoms with E-state index in [9.17, 15) is 9.18 Å². The molecule has 0 saturated carbocycles. The van der Waals surface area contributed by atoms with Gasteiger partial charge < -0.3 is 10.2 Å². The van der Waals surface area contributed by atoms with E-state index in [-0.39, 0.29) is 11.1 Å². The summed E-state index contributed by atoms with van der Waals surface area (Å²) in [6, 6.07) is 2.59. The molecule has 0 saturated heterocycles. The number of hydrogen-bond donors (Lipinski definition) is 2. The average molecular weight is 289 g/mol. The van der Waals surface area contributed by atoms with Crippen LogP contribution >= 0.6 is 15.9 Å². The second-order valence-corrected chi connectivity index (χ2v) is 4.24. The normalized spacial score (nSPS) is 10.6. The minimum Gasteiger partial charge on any atom is -0.362 e. The molecule has 0 atom stereocenters. The van der Waals surface area contributed by atoms with Crippen molar-refractivity contribution in [2.24, 2.45) is 0 Å². The molecule has 0 bridgehead atoms. The van der Waals surface area contributed by atoms with Crippen LogP contribution in [0, 0.1) is 5.82 Å². The number of ketones is 1. The van der Waals surface area contributed by atoms with Gasteiger partial charge >= 0.3 is 0 Å². The maximum Gasteiger partial charge on any atom is 0.221 e. The highest BCUT2D eigenvalue weighted by Crippen LogP contribution is 2.26. The van der Waals surface area contributed by atoms with Crippen molar-refractivity contribution in [1.82, 2.24) is 0 Å². The Labute approximate surface area is 100 Å². The summed E-state index contributed by atoms with van der Waals surface area (Å²) in [5.41, 5.74) is 0.361. The molecule has 0 spiro atoms. The van der Waals surface area contributed by atoms with Crippen molar-refractivity contribution in [3.8, 4) is 0 Å². The number of aliphatic hydroxyl groups is 2. The van der Waals surface area contributed by atoms with E-state index in [0.717, 1.165) is 6.07 Å². The molecule has 86 valence electrons. The topological polar surface area (TPSA) is 57.5 Å². The molecule has 1 aromatic rings. The minimum atomic E-state index is -2.23. The van der Waals surface area contributed by atoms with Gasteiger partial charge in [-0.3, -0.25) is 4.79 Å². The van der Waals surface area contributed by atoms with Crippen LogP contribution in [-0.2, 0) is 0 Å². The number of Topliss-reactive ketones (excluding diaryl/α,β-unsaturated/α-hetero) is 1. The maximum atomic E-state index is 13.6. The largest absolute Gasteiger partial charge is 0.362 e. The average Bonchev–Trinajstić information content (AvgIpc) is 2.15. The molecular weight excluding hydrogens is 279 g/mol. The lowest BCUT2D eigenvalue weighted by Crippen LogP contribution is -2.22. The van der Waals surface area contributed by atoms with Crippen LogP contribution in [-0.4, -0.2) is 22.3 Å². The van der Waals surface area contributed by atoms with Crippen LogP contribution < -0.4 is 0 Å². The van der Waals surface area contributed by atoms with Gasteiger partial charge in [-0.05, 0) is 24.6 Å². The number of carbonyl (C=O) groups excluding carboxylic acids is 1. The summed E-state index contributed by atoms with van der Waals surface area (Å²) in [5, 5.41) is 17.5. The molecule has 0 aromatic heterocycles. The number of halogens is 2. The molecule has 0 fully saturated rings. The maximum absolute atomic E-state index is 13.6. The molecule has 0 aliphatic carbocycles. The molecule has 1 rings (SSSR count). The molecule has 0 amide bonds. The van der Waals surface area contributed by atoms with Crippen molar-refractivity contribution >= 4 is 27.3 Å². The van der Waals surface area contributed by atoms with E-state index in [4.69, 9.17) is 10.2 Å². The quantitative estimate of drug-likeness (QED) is 0.662. The van der Waals surface area contributed by atoms with Crippen molar-refractivity contribution in [2.45, 2.75) is 13.2 Å². The molecule has 16 heavy (non-hydrogen) atoms. The van der Waals surface area contributed by atoms with Crippen LogP contribution in [0.3, 0.4) is 0 Å². The highest BCUT2D eigenvalue weighted by atomic mass is 79.9. The van der Waals surface area contributed by atoms with E-state index >= 15 is 0 Å². The first kappa shape index (κ1) is 13.0. The lowest BCUT2D eigenvalue weighted by atomic mass is 9.98. The SMILES string of the molecule is C=C(C)c1cc(Br)cc(F)c1C(=O)C(O)O. The summed E-state index contributed by atoms with van der Waals surface area (Å²) in [6.45, 7) is 5.21. The van der Waals surface area contributed by atoms with E-state index in [1.807, 2.05) is 0 Å². The number of rotatable bonds is 3. The Morgan fingerprint density at radius 2 is 2.06 bits per heavy atom. The Kier molecular flexibility index (Phi) is 3.96.